The van der Waals surface area contributed by atoms with E-state index in [9.17, 15) is 9.18 Å². The average Bonchev–Trinajstić information content (AvgIpc) is 2.98. The SMILES string of the molecule is CC(C)CNC(=O)[C@@H](C)n1c(Cc2ccc(F)cc2)nc2cc(Cl)c(Cl)cc21. The molecule has 0 saturated heterocycles. The van der Waals surface area contributed by atoms with Crippen molar-refractivity contribution in [1.82, 2.24) is 14.9 Å². The number of aromatic nitrogens is 2. The molecule has 28 heavy (non-hydrogen) atoms. The van der Waals surface area contributed by atoms with E-state index in [2.05, 4.69) is 10.3 Å². The Morgan fingerprint density at radius 1 is 1.14 bits per heavy atom. The summed E-state index contributed by atoms with van der Waals surface area (Å²) in [6, 6.07) is 9.18. The molecule has 7 heteroatoms. The summed E-state index contributed by atoms with van der Waals surface area (Å²) in [6.45, 7) is 6.50. The van der Waals surface area contributed by atoms with E-state index in [1.807, 2.05) is 25.3 Å². The third kappa shape index (κ3) is 4.47. The van der Waals surface area contributed by atoms with E-state index in [0.717, 1.165) is 11.1 Å². The van der Waals surface area contributed by atoms with Gasteiger partial charge < -0.3 is 9.88 Å². The molecule has 1 heterocycles. The Kier molecular flexibility index (Phi) is 6.26. The summed E-state index contributed by atoms with van der Waals surface area (Å²) >= 11 is 12.4. The van der Waals surface area contributed by atoms with E-state index >= 15 is 0 Å². The number of nitrogens with zero attached hydrogens (tertiary/aromatic N) is 2. The third-order valence-corrected chi connectivity index (χ3v) is 5.25. The number of rotatable bonds is 6. The van der Waals surface area contributed by atoms with Crippen molar-refractivity contribution in [2.45, 2.75) is 33.2 Å². The van der Waals surface area contributed by atoms with Gasteiger partial charge in [-0.3, -0.25) is 4.79 Å². The van der Waals surface area contributed by atoms with Crippen molar-refractivity contribution >= 4 is 40.1 Å². The summed E-state index contributed by atoms with van der Waals surface area (Å²) in [6.07, 6.45) is 0.450. The lowest BCUT2D eigenvalue weighted by molar-refractivity contribution is -0.124. The van der Waals surface area contributed by atoms with Gasteiger partial charge in [-0.25, -0.2) is 9.37 Å². The fraction of sp³-hybridized carbons (Fsp3) is 0.333. The molecule has 1 atom stereocenters. The van der Waals surface area contributed by atoms with Gasteiger partial charge >= 0.3 is 0 Å². The monoisotopic (exact) mass is 421 g/mol. The average molecular weight is 422 g/mol. The molecule has 1 aromatic heterocycles. The molecule has 0 aliphatic rings. The fourth-order valence-electron chi connectivity index (χ4n) is 3.05. The number of amides is 1. The molecule has 0 bridgehead atoms. The number of imidazole rings is 1. The number of benzene rings is 2. The molecule has 0 spiro atoms. The summed E-state index contributed by atoms with van der Waals surface area (Å²) < 4.78 is 15.1. The van der Waals surface area contributed by atoms with Crippen LogP contribution in [0.25, 0.3) is 11.0 Å². The van der Waals surface area contributed by atoms with E-state index in [0.29, 0.717) is 40.3 Å². The highest BCUT2D eigenvalue weighted by Gasteiger charge is 2.22. The number of hydrogen-bond donors (Lipinski definition) is 1. The van der Waals surface area contributed by atoms with Crippen LogP contribution >= 0.6 is 23.2 Å². The molecule has 1 amide bonds. The Labute approximate surface area is 173 Å². The second kappa shape index (κ2) is 8.50. The van der Waals surface area contributed by atoms with Crippen LogP contribution in [0.2, 0.25) is 10.0 Å². The van der Waals surface area contributed by atoms with Crippen LogP contribution in [0, 0.1) is 11.7 Å². The van der Waals surface area contributed by atoms with Gasteiger partial charge in [-0.2, -0.15) is 0 Å². The van der Waals surface area contributed by atoms with Gasteiger partial charge in [0, 0.05) is 13.0 Å². The Bertz CT molecular complexity index is 999. The number of carbonyl (C=O) groups excluding carboxylic acids is 1. The molecule has 0 saturated carbocycles. The van der Waals surface area contributed by atoms with Crippen LogP contribution in [-0.4, -0.2) is 22.0 Å². The van der Waals surface area contributed by atoms with E-state index in [-0.39, 0.29) is 11.7 Å². The predicted octanol–water partition coefficient (Wildman–Crippen LogP) is 5.41. The summed E-state index contributed by atoms with van der Waals surface area (Å²) in [7, 11) is 0. The molecule has 4 nitrogen and oxygen atoms in total. The molecule has 0 aliphatic carbocycles. The summed E-state index contributed by atoms with van der Waals surface area (Å²) in [5, 5.41) is 3.77. The first-order chi connectivity index (χ1) is 13.3. The summed E-state index contributed by atoms with van der Waals surface area (Å²) in [4.78, 5) is 17.4. The first-order valence-electron chi connectivity index (χ1n) is 9.14. The minimum Gasteiger partial charge on any atom is -0.354 e. The van der Waals surface area contributed by atoms with E-state index in [1.54, 1.807) is 24.3 Å². The molecular formula is C21H22Cl2FN3O. The minimum absolute atomic E-state index is 0.0978. The zero-order chi connectivity index (χ0) is 20.4. The molecule has 2 aromatic carbocycles. The fourth-order valence-corrected chi connectivity index (χ4v) is 3.37. The molecule has 148 valence electrons. The van der Waals surface area contributed by atoms with E-state index in [1.165, 1.54) is 12.1 Å². The molecule has 0 radical (unpaired) electrons. The van der Waals surface area contributed by atoms with Crippen LogP contribution < -0.4 is 5.32 Å². The number of nitrogens with one attached hydrogen (secondary N) is 1. The predicted molar refractivity (Wildman–Crippen MR) is 112 cm³/mol. The second-order valence-electron chi connectivity index (χ2n) is 7.27. The zero-order valence-corrected chi connectivity index (χ0v) is 17.5. The van der Waals surface area contributed by atoms with Crippen LogP contribution in [0.4, 0.5) is 4.39 Å². The number of hydrogen-bond acceptors (Lipinski definition) is 2. The van der Waals surface area contributed by atoms with Crippen LogP contribution in [0.3, 0.4) is 0 Å². The molecule has 3 aromatic rings. The summed E-state index contributed by atoms with van der Waals surface area (Å²) in [5.74, 6) is 0.645. The van der Waals surface area contributed by atoms with Crippen LogP contribution in [0.1, 0.15) is 38.2 Å². The van der Waals surface area contributed by atoms with Crippen molar-refractivity contribution in [3.63, 3.8) is 0 Å². The van der Waals surface area contributed by atoms with Gasteiger partial charge in [-0.1, -0.05) is 49.2 Å². The first-order valence-corrected chi connectivity index (χ1v) is 9.90. The standard InChI is InChI=1S/C21H22Cl2FN3O/c1-12(2)11-25-21(28)13(3)27-19-10-17(23)16(22)9-18(19)26-20(27)8-14-4-6-15(24)7-5-14/h4-7,9-10,12-13H,8,11H2,1-3H3,(H,25,28)/t13-/m1/s1. The Hall–Kier alpha value is -2.11. The Balaban J connectivity index is 2.04. The number of halogens is 3. The van der Waals surface area contributed by atoms with Crippen LogP contribution in [-0.2, 0) is 11.2 Å². The van der Waals surface area contributed by atoms with Gasteiger partial charge in [0.1, 0.15) is 17.7 Å². The van der Waals surface area contributed by atoms with E-state index < -0.39 is 6.04 Å². The molecule has 0 unspecified atom stereocenters. The van der Waals surface area contributed by atoms with Crippen LogP contribution in [0.5, 0.6) is 0 Å². The van der Waals surface area contributed by atoms with Gasteiger partial charge in [0.05, 0.1) is 21.1 Å². The number of fused-ring (bicyclic) bond motifs is 1. The second-order valence-corrected chi connectivity index (χ2v) is 8.09. The maximum Gasteiger partial charge on any atom is 0.242 e. The van der Waals surface area contributed by atoms with Gasteiger partial charge in [0.25, 0.3) is 0 Å². The van der Waals surface area contributed by atoms with Crippen molar-refractivity contribution in [2.75, 3.05) is 6.54 Å². The maximum atomic E-state index is 13.2. The smallest absolute Gasteiger partial charge is 0.242 e. The van der Waals surface area contributed by atoms with Crippen molar-refractivity contribution < 1.29 is 9.18 Å². The van der Waals surface area contributed by atoms with Crippen molar-refractivity contribution in [3.05, 3.63) is 63.6 Å². The number of carbonyl (C=O) groups is 1. The Morgan fingerprint density at radius 2 is 1.79 bits per heavy atom. The van der Waals surface area contributed by atoms with Crippen molar-refractivity contribution in [1.29, 1.82) is 0 Å². The highest BCUT2D eigenvalue weighted by molar-refractivity contribution is 6.42. The molecular weight excluding hydrogens is 400 g/mol. The summed E-state index contributed by atoms with van der Waals surface area (Å²) in [5.41, 5.74) is 2.29. The Morgan fingerprint density at radius 3 is 2.43 bits per heavy atom. The lowest BCUT2D eigenvalue weighted by Crippen LogP contribution is -2.34. The largest absolute Gasteiger partial charge is 0.354 e. The van der Waals surface area contributed by atoms with Gasteiger partial charge in [-0.15, -0.1) is 0 Å². The topological polar surface area (TPSA) is 46.9 Å². The van der Waals surface area contributed by atoms with Crippen LogP contribution in [0.15, 0.2) is 36.4 Å². The van der Waals surface area contributed by atoms with Gasteiger partial charge in [0.15, 0.2) is 0 Å². The first kappa shape index (κ1) is 20.6. The molecule has 1 N–H and O–H groups in total. The zero-order valence-electron chi connectivity index (χ0n) is 16.0. The highest BCUT2D eigenvalue weighted by atomic mass is 35.5. The molecule has 3 rings (SSSR count). The van der Waals surface area contributed by atoms with Gasteiger partial charge in [-0.05, 0) is 42.7 Å². The van der Waals surface area contributed by atoms with E-state index in [4.69, 9.17) is 23.2 Å². The lowest BCUT2D eigenvalue weighted by atomic mass is 10.1. The van der Waals surface area contributed by atoms with Crippen molar-refractivity contribution in [2.24, 2.45) is 5.92 Å². The minimum atomic E-state index is -0.489. The quantitative estimate of drug-likeness (QED) is 0.578. The lowest BCUT2D eigenvalue weighted by Gasteiger charge is -2.18. The molecule has 0 fully saturated rings. The molecule has 0 aliphatic heterocycles. The highest BCUT2D eigenvalue weighted by Crippen LogP contribution is 2.31. The van der Waals surface area contributed by atoms with Gasteiger partial charge in [0.2, 0.25) is 5.91 Å². The third-order valence-electron chi connectivity index (χ3n) is 4.53. The van der Waals surface area contributed by atoms with Crippen molar-refractivity contribution in [3.8, 4) is 0 Å². The normalized spacial score (nSPS) is 12.5. The maximum absolute atomic E-state index is 13.2.